The molecule has 1 aromatic carbocycles. The number of amides is 3. The molecule has 0 radical (unpaired) electrons. The number of imide groups is 1. The minimum atomic E-state index is -0.477. The monoisotopic (exact) mass is 444 g/mol. The lowest BCUT2D eigenvalue weighted by molar-refractivity contribution is -0.135. The first-order chi connectivity index (χ1) is 14.9. The Kier molecular flexibility index (Phi) is 7.79. The van der Waals surface area contributed by atoms with Gasteiger partial charge in [-0.2, -0.15) is 0 Å². The Hall–Kier alpha value is -2.74. The molecule has 7 nitrogen and oxygen atoms in total. The summed E-state index contributed by atoms with van der Waals surface area (Å²) < 4.78 is 5.50. The Balaban J connectivity index is 1.79. The highest BCUT2D eigenvalue weighted by Crippen LogP contribution is 2.36. The molecular formula is C23H28N2O5S. The molecule has 0 bridgehead atoms. The van der Waals surface area contributed by atoms with Gasteiger partial charge in [0.15, 0.2) is 11.5 Å². The van der Waals surface area contributed by atoms with E-state index in [4.69, 9.17) is 4.74 Å². The van der Waals surface area contributed by atoms with E-state index in [9.17, 15) is 19.5 Å². The van der Waals surface area contributed by atoms with E-state index in [1.807, 2.05) is 6.92 Å². The summed E-state index contributed by atoms with van der Waals surface area (Å²) in [6.45, 7) is 6.99. The zero-order valence-electron chi connectivity index (χ0n) is 17.8. The fourth-order valence-electron chi connectivity index (χ4n) is 3.69. The smallest absolute Gasteiger partial charge is 0.294 e. The van der Waals surface area contributed by atoms with Gasteiger partial charge in [0.05, 0.1) is 11.5 Å². The second-order valence-corrected chi connectivity index (χ2v) is 8.51. The molecule has 2 heterocycles. The number of likely N-dealkylation sites (tertiary alicyclic amines) is 1. The lowest BCUT2D eigenvalue weighted by atomic mass is 10.1. The number of rotatable bonds is 7. The van der Waals surface area contributed by atoms with E-state index in [0.717, 1.165) is 42.3 Å². The first kappa shape index (κ1) is 22.9. The minimum absolute atomic E-state index is 0.0371. The second kappa shape index (κ2) is 10.5. The molecule has 2 aliphatic heterocycles. The second-order valence-electron chi connectivity index (χ2n) is 7.52. The first-order valence-electron chi connectivity index (χ1n) is 10.6. The molecule has 0 saturated carbocycles. The number of thioether (sulfide) groups is 1. The molecule has 166 valence electrons. The molecule has 2 saturated heterocycles. The standard InChI is InChI=1S/C23H28N2O5S/c1-3-9-17-12-16(13-18(21(17)27)30-4-2)14-19-22(28)25(23(29)31-19)15-20(26)24-10-7-5-6-8-11-24/h3,12-14,27H,1,4-11,15H2,2H3. The van der Waals surface area contributed by atoms with Gasteiger partial charge >= 0.3 is 0 Å². The van der Waals surface area contributed by atoms with Crippen molar-refractivity contribution < 1.29 is 24.2 Å². The maximum absolute atomic E-state index is 12.8. The van der Waals surface area contributed by atoms with Crippen LogP contribution in [0.2, 0.25) is 0 Å². The van der Waals surface area contributed by atoms with Crippen LogP contribution in [0.25, 0.3) is 6.08 Å². The number of aromatic hydroxyl groups is 1. The van der Waals surface area contributed by atoms with Crippen molar-refractivity contribution in [2.45, 2.75) is 39.0 Å². The highest BCUT2D eigenvalue weighted by Gasteiger charge is 2.37. The molecule has 0 aromatic heterocycles. The number of benzene rings is 1. The molecular weight excluding hydrogens is 416 g/mol. The van der Waals surface area contributed by atoms with Crippen LogP contribution in [0.5, 0.6) is 11.5 Å². The van der Waals surface area contributed by atoms with Crippen molar-refractivity contribution in [3.8, 4) is 11.5 Å². The van der Waals surface area contributed by atoms with E-state index >= 15 is 0 Å². The van der Waals surface area contributed by atoms with Gasteiger partial charge in [-0.1, -0.05) is 18.9 Å². The number of hydrogen-bond acceptors (Lipinski definition) is 6. The third kappa shape index (κ3) is 5.50. The third-order valence-corrected chi connectivity index (χ3v) is 6.17. The topological polar surface area (TPSA) is 87.2 Å². The Morgan fingerprint density at radius 3 is 2.58 bits per heavy atom. The van der Waals surface area contributed by atoms with Gasteiger partial charge in [-0.25, -0.2) is 0 Å². The SMILES string of the molecule is C=CCc1cc(C=C2SC(=O)N(CC(=O)N3CCCCCC3)C2=O)cc(OCC)c1O. The number of carbonyl (C=O) groups excluding carboxylic acids is 3. The summed E-state index contributed by atoms with van der Waals surface area (Å²) in [6, 6.07) is 3.36. The molecule has 0 aliphatic carbocycles. The van der Waals surface area contributed by atoms with E-state index < -0.39 is 11.1 Å². The van der Waals surface area contributed by atoms with Crippen molar-refractivity contribution in [2.75, 3.05) is 26.2 Å². The maximum Gasteiger partial charge on any atom is 0.294 e. The van der Waals surface area contributed by atoms with Crippen LogP contribution in [0.4, 0.5) is 4.79 Å². The van der Waals surface area contributed by atoms with Crippen LogP contribution in [0, 0.1) is 0 Å². The summed E-state index contributed by atoms with van der Waals surface area (Å²) in [5, 5.41) is 9.90. The Bertz CT molecular complexity index is 903. The highest BCUT2D eigenvalue weighted by molar-refractivity contribution is 8.18. The maximum atomic E-state index is 12.8. The lowest BCUT2D eigenvalue weighted by Crippen LogP contribution is -2.42. The van der Waals surface area contributed by atoms with Gasteiger partial charge < -0.3 is 14.7 Å². The molecule has 1 N–H and O–H groups in total. The van der Waals surface area contributed by atoms with Crippen molar-refractivity contribution >= 4 is 34.9 Å². The van der Waals surface area contributed by atoms with Crippen LogP contribution in [0.15, 0.2) is 29.7 Å². The molecule has 3 rings (SSSR count). The number of nitrogens with zero attached hydrogens (tertiary/aromatic N) is 2. The zero-order chi connectivity index (χ0) is 22.4. The van der Waals surface area contributed by atoms with Gasteiger partial charge in [-0.3, -0.25) is 19.3 Å². The average molecular weight is 445 g/mol. The molecule has 8 heteroatoms. The lowest BCUT2D eigenvalue weighted by Gasteiger charge is -2.22. The van der Waals surface area contributed by atoms with Crippen molar-refractivity contribution in [3.63, 3.8) is 0 Å². The Morgan fingerprint density at radius 2 is 1.94 bits per heavy atom. The molecule has 2 aliphatic rings. The minimum Gasteiger partial charge on any atom is -0.504 e. The number of carbonyl (C=O) groups is 3. The third-order valence-electron chi connectivity index (χ3n) is 5.26. The molecule has 0 unspecified atom stereocenters. The summed E-state index contributed by atoms with van der Waals surface area (Å²) in [7, 11) is 0. The average Bonchev–Trinajstić information content (AvgIpc) is 2.94. The predicted molar refractivity (Wildman–Crippen MR) is 121 cm³/mol. The quantitative estimate of drug-likeness (QED) is 0.506. The predicted octanol–water partition coefficient (Wildman–Crippen LogP) is 3.96. The largest absolute Gasteiger partial charge is 0.504 e. The van der Waals surface area contributed by atoms with Crippen LogP contribution >= 0.6 is 11.8 Å². The fourth-order valence-corrected chi connectivity index (χ4v) is 4.53. The summed E-state index contributed by atoms with van der Waals surface area (Å²) in [4.78, 5) is 40.9. The fraction of sp³-hybridized carbons (Fsp3) is 0.435. The number of phenols is 1. The van der Waals surface area contributed by atoms with E-state index in [1.165, 1.54) is 0 Å². The van der Waals surface area contributed by atoms with E-state index in [-0.39, 0.29) is 23.1 Å². The van der Waals surface area contributed by atoms with Gasteiger partial charge in [0, 0.05) is 18.7 Å². The number of allylic oxidation sites excluding steroid dienone is 1. The van der Waals surface area contributed by atoms with Crippen molar-refractivity contribution in [1.29, 1.82) is 0 Å². The van der Waals surface area contributed by atoms with Gasteiger partial charge in [-0.15, -0.1) is 6.58 Å². The molecule has 0 spiro atoms. The van der Waals surface area contributed by atoms with E-state index in [2.05, 4.69) is 6.58 Å². The molecule has 2 fully saturated rings. The molecule has 0 atom stereocenters. The van der Waals surface area contributed by atoms with Gasteiger partial charge in [0.2, 0.25) is 5.91 Å². The summed E-state index contributed by atoms with van der Waals surface area (Å²) in [5.41, 5.74) is 1.24. The number of ether oxygens (including phenoxy) is 1. The number of phenolic OH excluding ortho intramolecular Hbond substituents is 1. The van der Waals surface area contributed by atoms with Crippen LogP contribution in [0.1, 0.15) is 43.7 Å². The summed E-state index contributed by atoms with van der Waals surface area (Å²) in [6.07, 6.45) is 7.77. The van der Waals surface area contributed by atoms with Crippen LogP contribution in [-0.2, 0) is 16.0 Å². The highest BCUT2D eigenvalue weighted by atomic mass is 32.2. The number of hydrogen-bond donors (Lipinski definition) is 1. The first-order valence-corrected chi connectivity index (χ1v) is 11.4. The van der Waals surface area contributed by atoms with Gasteiger partial charge in [-0.05, 0) is 61.7 Å². The molecule has 3 amide bonds. The van der Waals surface area contributed by atoms with Crippen molar-refractivity contribution in [3.05, 3.63) is 40.8 Å². The molecule has 1 aromatic rings. The Labute approximate surface area is 186 Å². The van der Waals surface area contributed by atoms with Gasteiger partial charge in [0.25, 0.3) is 11.1 Å². The van der Waals surface area contributed by atoms with E-state index in [0.29, 0.717) is 43.0 Å². The van der Waals surface area contributed by atoms with Crippen molar-refractivity contribution in [1.82, 2.24) is 9.80 Å². The normalized spacial score (nSPS) is 18.4. The van der Waals surface area contributed by atoms with Crippen LogP contribution < -0.4 is 4.74 Å². The van der Waals surface area contributed by atoms with Crippen LogP contribution in [0.3, 0.4) is 0 Å². The van der Waals surface area contributed by atoms with Gasteiger partial charge in [0.1, 0.15) is 6.54 Å². The van der Waals surface area contributed by atoms with E-state index in [1.54, 1.807) is 29.2 Å². The van der Waals surface area contributed by atoms with Crippen molar-refractivity contribution in [2.24, 2.45) is 0 Å². The zero-order valence-corrected chi connectivity index (χ0v) is 18.6. The summed E-state index contributed by atoms with van der Waals surface area (Å²) in [5.74, 6) is -0.324. The summed E-state index contributed by atoms with van der Waals surface area (Å²) >= 11 is 0.816. The van der Waals surface area contributed by atoms with Crippen LogP contribution in [-0.4, -0.2) is 58.2 Å². The molecule has 31 heavy (non-hydrogen) atoms. The Morgan fingerprint density at radius 1 is 1.23 bits per heavy atom.